The summed E-state index contributed by atoms with van der Waals surface area (Å²) in [4.78, 5) is 36.6. The van der Waals surface area contributed by atoms with Crippen LogP contribution in [0.15, 0.2) is 59.4 Å². The number of halogens is 7. The summed E-state index contributed by atoms with van der Waals surface area (Å²) in [6.07, 6.45) is -12.4. The first-order chi connectivity index (χ1) is 18.2. The minimum atomic E-state index is -4.82. The number of rotatable bonds is 8. The van der Waals surface area contributed by atoms with Gasteiger partial charge in [0, 0.05) is 28.4 Å². The van der Waals surface area contributed by atoms with E-state index in [1.165, 1.54) is 30.3 Å². The molecular weight excluding hydrogens is 560 g/mol. The van der Waals surface area contributed by atoms with E-state index in [1.807, 2.05) is 0 Å². The van der Waals surface area contributed by atoms with Crippen LogP contribution in [-0.2, 0) is 22.3 Å². The minimum absolute atomic E-state index is 0.196. The van der Waals surface area contributed by atoms with Crippen molar-refractivity contribution >= 4 is 29.8 Å². The molecule has 9 nitrogen and oxygen atoms in total. The Bertz CT molecular complexity index is 1430. The van der Waals surface area contributed by atoms with Gasteiger partial charge in [-0.3, -0.25) is 4.79 Å². The minimum Gasteiger partial charge on any atom is -0.440 e. The third-order valence-electron chi connectivity index (χ3n) is 5.04. The summed E-state index contributed by atoms with van der Waals surface area (Å²) >= 11 is 5.82. The molecule has 1 heterocycles. The SMILES string of the molecule is NC(=O)OC(CNC(=O)Cn1nc(-c2ccc(Cl)cc2)n(C=CC(F)(F)F)c1=O)c1ccccc1C(F)(F)F. The number of ether oxygens (including phenoxy) is 1. The number of aromatic nitrogens is 3. The number of alkyl halides is 6. The normalized spacial score (nSPS) is 12.9. The van der Waals surface area contributed by atoms with Crippen LogP contribution in [0.1, 0.15) is 17.2 Å². The predicted octanol–water partition coefficient (Wildman–Crippen LogP) is 4.37. The quantitative estimate of drug-likeness (QED) is 0.385. The van der Waals surface area contributed by atoms with E-state index < -0.39 is 60.4 Å². The number of carbonyl (C=O) groups is 2. The summed E-state index contributed by atoms with van der Waals surface area (Å²) in [5.41, 5.74) is 2.42. The average molecular weight is 578 g/mol. The molecule has 208 valence electrons. The maximum atomic E-state index is 13.4. The molecule has 0 spiro atoms. The molecule has 0 saturated carbocycles. The predicted molar refractivity (Wildman–Crippen MR) is 126 cm³/mol. The molecule has 0 saturated heterocycles. The van der Waals surface area contributed by atoms with Crippen LogP contribution in [0.25, 0.3) is 17.6 Å². The van der Waals surface area contributed by atoms with Crippen molar-refractivity contribution in [3.63, 3.8) is 0 Å². The van der Waals surface area contributed by atoms with E-state index >= 15 is 0 Å². The van der Waals surface area contributed by atoms with E-state index in [1.54, 1.807) is 0 Å². The van der Waals surface area contributed by atoms with Gasteiger partial charge in [-0.25, -0.2) is 18.8 Å². The summed E-state index contributed by atoms with van der Waals surface area (Å²) in [6, 6.07) is 9.72. The molecular formula is C23H18ClF6N5O4. The highest BCUT2D eigenvalue weighted by molar-refractivity contribution is 6.30. The number of nitrogens with zero attached hydrogens (tertiary/aromatic N) is 3. The highest BCUT2D eigenvalue weighted by Crippen LogP contribution is 2.35. The number of primary amides is 1. The van der Waals surface area contributed by atoms with Crippen molar-refractivity contribution in [3.8, 4) is 11.4 Å². The fourth-order valence-corrected chi connectivity index (χ4v) is 3.53. The smallest absolute Gasteiger partial charge is 0.416 e. The fourth-order valence-electron chi connectivity index (χ4n) is 3.40. The van der Waals surface area contributed by atoms with Gasteiger partial charge >= 0.3 is 24.1 Å². The van der Waals surface area contributed by atoms with E-state index in [0.29, 0.717) is 20.5 Å². The lowest BCUT2D eigenvalue weighted by Gasteiger charge is -2.21. The molecule has 3 rings (SSSR count). The summed E-state index contributed by atoms with van der Waals surface area (Å²) < 4.78 is 84.4. The Kier molecular flexibility index (Phi) is 8.74. The van der Waals surface area contributed by atoms with Crippen LogP contribution in [0, 0.1) is 0 Å². The summed E-state index contributed by atoms with van der Waals surface area (Å²) in [5, 5.41) is 6.43. The van der Waals surface area contributed by atoms with E-state index in [9.17, 15) is 40.7 Å². The molecule has 1 unspecified atom stereocenters. The Hall–Kier alpha value is -4.27. The van der Waals surface area contributed by atoms with Crippen molar-refractivity contribution < 1.29 is 40.7 Å². The standard InChI is InChI=1S/C23H18ClF6N5O4/c24-14-7-5-13(6-8-14)19-33-35(21(38)34(19)10-9-22(25,26)27)12-18(36)32-11-17(39-20(31)37)15-3-1-2-4-16(15)23(28,29)30/h1-10,17H,11-12H2,(H2,31,37)(H,32,36). The first-order valence-electron chi connectivity index (χ1n) is 10.8. The van der Waals surface area contributed by atoms with Crippen LogP contribution < -0.4 is 16.7 Å². The van der Waals surface area contributed by atoms with Crippen molar-refractivity contribution in [2.75, 3.05) is 6.54 Å². The molecule has 0 aliphatic heterocycles. The number of hydrogen-bond donors (Lipinski definition) is 2. The van der Waals surface area contributed by atoms with Crippen molar-refractivity contribution in [2.45, 2.75) is 25.0 Å². The van der Waals surface area contributed by atoms with Crippen LogP contribution >= 0.6 is 11.6 Å². The maximum Gasteiger partial charge on any atom is 0.416 e. The molecule has 0 fully saturated rings. The number of nitrogens with one attached hydrogen (secondary N) is 1. The molecule has 1 aromatic heterocycles. The van der Waals surface area contributed by atoms with Crippen molar-refractivity contribution in [1.29, 1.82) is 0 Å². The highest BCUT2D eigenvalue weighted by Gasteiger charge is 2.36. The monoisotopic (exact) mass is 577 g/mol. The van der Waals surface area contributed by atoms with Gasteiger partial charge in [-0.05, 0) is 30.3 Å². The molecule has 16 heteroatoms. The second kappa shape index (κ2) is 11.6. The third-order valence-corrected chi connectivity index (χ3v) is 5.29. The first kappa shape index (κ1) is 29.3. The van der Waals surface area contributed by atoms with E-state index in [0.717, 1.165) is 18.2 Å². The molecule has 39 heavy (non-hydrogen) atoms. The van der Waals surface area contributed by atoms with E-state index in [2.05, 4.69) is 10.4 Å². The zero-order valence-corrected chi connectivity index (χ0v) is 20.2. The van der Waals surface area contributed by atoms with Gasteiger partial charge in [0.15, 0.2) is 5.82 Å². The number of carbonyl (C=O) groups excluding carboxylic acids is 2. The maximum absolute atomic E-state index is 13.4. The summed E-state index contributed by atoms with van der Waals surface area (Å²) in [7, 11) is 0. The Morgan fingerprint density at radius 3 is 2.31 bits per heavy atom. The Morgan fingerprint density at radius 2 is 1.72 bits per heavy atom. The van der Waals surface area contributed by atoms with Gasteiger partial charge in [0.25, 0.3) is 0 Å². The molecule has 3 aromatic rings. The lowest BCUT2D eigenvalue weighted by Crippen LogP contribution is -2.37. The molecule has 3 N–H and O–H groups in total. The topological polar surface area (TPSA) is 121 Å². The second-order valence-electron chi connectivity index (χ2n) is 7.81. The van der Waals surface area contributed by atoms with Gasteiger partial charge < -0.3 is 15.8 Å². The van der Waals surface area contributed by atoms with Gasteiger partial charge in [-0.2, -0.15) is 26.3 Å². The van der Waals surface area contributed by atoms with Crippen LogP contribution in [0.4, 0.5) is 31.1 Å². The zero-order chi connectivity index (χ0) is 29.0. The summed E-state index contributed by atoms with van der Waals surface area (Å²) in [5.74, 6) is -1.23. The number of nitrogens with two attached hydrogens (primary N) is 1. The van der Waals surface area contributed by atoms with Crippen LogP contribution in [0.5, 0.6) is 0 Å². The number of hydrogen-bond acceptors (Lipinski definition) is 5. The van der Waals surface area contributed by atoms with Gasteiger partial charge in [0.1, 0.15) is 12.6 Å². The lowest BCUT2D eigenvalue weighted by atomic mass is 10.0. The second-order valence-corrected chi connectivity index (χ2v) is 8.25. The van der Waals surface area contributed by atoms with Crippen LogP contribution in [0.2, 0.25) is 5.02 Å². The molecule has 2 aromatic carbocycles. The van der Waals surface area contributed by atoms with Gasteiger partial charge in [0.2, 0.25) is 5.91 Å². The molecule has 0 aliphatic rings. The molecule has 2 amide bonds. The number of allylic oxidation sites excluding steroid dienone is 1. The largest absolute Gasteiger partial charge is 0.440 e. The Labute approximate surface area is 220 Å². The third kappa shape index (κ3) is 7.86. The van der Waals surface area contributed by atoms with Gasteiger partial charge in [-0.1, -0.05) is 29.8 Å². The Morgan fingerprint density at radius 1 is 1.08 bits per heavy atom. The number of benzene rings is 2. The molecule has 1 atom stereocenters. The van der Waals surface area contributed by atoms with Crippen LogP contribution in [-0.4, -0.2) is 39.1 Å². The number of amides is 2. The zero-order valence-electron chi connectivity index (χ0n) is 19.5. The van der Waals surface area contributed by atoms with Gasteiger partial charge in [-0.15, -0.1) is 5.10 Å². The highest BCUT2D eigenvalue weighted by atomic mass is 35.5. The van der Waals surface area contributed by atoms with E-state index in [4.69, 9.17) is 22.1 Å². The van der Waals surface area contributed by atoms with Crippen LogP contribution in [0.3, 0.4) is 0 Å². The van der Waals surface area contributed by atoms with Crippen molar-refractivity contribution in [3.05, 3.63) is 81.2 Å². The van der Waals surface area contributed by atoms with Gasteiger partial charge in [0.05, 0.1) is 12.1 Å². The molecule has 0 aliphatic carbocycles. The lowest BCUT2D eigenvalue weighted by molar-refractivity contribution is -0.139. The van der Waals surface area contributed by atoms with Crippen molar-refractivity contribution in [2.24, 2.45) is 5.73 Å². The Balaban J connectivity index is 1.87. The van der Waals surface area contributed by atoms with Crippen molar-refractivity contribution in [1.82, 2.24) is 19.7 Å². The molecule has 0 bridgehead atoms. The average Bonchev–Trinajstić information content (AvgIpc) is 3.14. The molecule has 0 radical (unpaired) electrons. The fraction of sp³-hybridized carbons (Fsp3) is 0.217. The van der Waals surface area contributed by atoms with E-state index in [-0.39, 0.29) is 17.5 Å². The first-order valence-corrected chi connectivity index (χ1v) is 11.1. The summed E-state index contributed by atoms with van der Waals surface area (Å²) in [6.45, 7) is -1.52.